The zero-order chi connectivity index (χ0) is 15.2. The lowest BCUT2D eigenvalue weighted by atomic mass is 10.2. The van der Waals surface area contributed by atoms with Crippen LogP contribution in [0, 0.1) is 6.92 Å². The summed E-state index contributed by atoms with van der Waals surface area (Å²) >= 11 is 1.69. The van der Waals surface area contributed by atoms with Gasteiger partial charge in [-0.1, -0.05) is 6.07 Å². The molecule has 2 aromatic heterocycles. The molecule has 0 bridgehead atoms. The number of pyridine rings is 1. The van der Waals surface area contributed by atoms with Gasteiger partial charge in [-0.05, 0) is 25.1 Å². The first-order chi connectivity index (χ1) is 10.1. The number of hydrogen-bond acceptors (Lipinski definition) is 4. The number of anilines is 1. The number of nitrogens with zero attached hydrogens (tertiary/aromatic N) is 2. The molecule has 2 N–H and O–H groups in total. The second-order valence-corrected chi connectivity index (χ2v) is 6.30. The average molecular weight is 304 g/mol. The van der Waals surface area contributed by atoms with Gasteiger partial charge in [-0.15, -0.1) is 11.3 Å². The molecule has 5 nitrogen and oxygen atoms in total. The average Bonchev–Trinajstić information content (AvgIpc) is 2.88. The molecule has 0 aliphatic carbocycles. The molecule has 0 radical (unpaired) electrons. The van der Waals surface area contributed by atoms with E-state index < -0.39 is 0 Å². The first-order valence-electron chi connectivity index (χ1n) is 6.74. The Morgan fingerprint density at radius 1 is 1.24 bits per heavy atom. The summed E-state index contributed by atoms with van der Waals surface area (Å²) in [4.78, 5) is 20.5. The van der Waals surface area contributed by atoms with E-state index in [2.05, 4.69) is 28.6 Å². The summed E-state index contributed by atoms with van der Waals surface area (Å²) in [5, 5.41) is 5.72. The molecule has 0 unspecified atom stereocenters. The highest BCUT2D eigenvalue weighted by atomic mass is 32.1. The Kier molecular flexibility index (Phi) is 5.16. The van der Waals surface area contributed by atoms with Crippen LogP contribution in [0.2, 0.25) is 0 Å². The molecule has 2 amide bonds. The standard InChI is InChI=1S/C15H20N4OS/c1-11-6-7-13(21-11)10-18-15(20)17-9-12-5-4-8-16-14(12)19(2)3/h4-8H,9-10H2,1-3H3,(H2,17,18,20). The minimum absolute atomic E-state index is 0.172. The highest BCUT2D eigenvalue weighted by molar-refractivity contribution is 7.11. The molecule has 112 valence electrons. The van der Waals surface area contributed by atoms with E-state index in [-0.39, 0.29) is 6.03 Å². The zero-order valence-electron chi connectivity index (χ0n) is 12.5. The van der Waals surface area contributed by atoms with Gasteiger partial charge in [0.15, 0.2) is 0 Å². The molecular weight excluding hydrogens is 284 g/mol. The van der Waals surface area contributed by atoms with Gasteiger partial charge in [-0.2, -0.15) is 0 Å². The minimum Gasteiger partial charge on any atom is -0.362 e. The zero-order valence-corrected chi connectivity index (χ0v) is 13.3. The number of urea groups is 1. The summed E-state index contributed by atoms with van der Waals surface area (Å²) in [6, 6.07) is 7.75. The van der Waals surface area contributed by atoms with Crippen molar-refractivity contribution >= 4 is 23.2 Å². The van der Waals surface area contributed by atoms with Gasteiger partial charge in [0.2, 0.25) is 0 Å². The molecule has 0 saturated heterocycles. The third-order valence-electron chi connectivity index (χ3n) is 2.95. The van der Waals surface area contributed by atoms with Gasteiger partial charge >= 0.3 is 6.03 Å². The number of aromatic nitrogens is 1. The second kappa shape index (κ2) is 7.08. The lowest BCUT2D eigenvalue weighted by molar-refractivity contribution is 0.240. The third-order valence-corrected chi connectivity index (χ3v) is 3.95. The quantitative estimate of drug-likeness (QED) is 0.892. The SMILES string of the molecule is Cc1ccc(CNC(=O)NCc2cccnc2N(C)C)s1. The first kappa shape index (κ1) is 15.3. The van der Waals surface area contributed by atoms with Crippen LogP contribution in [0.1, 0.15) is 15.3 Å². The van der Waals surface area contributed by atoms with Crippen LogP contribution in [-0.4, -0.2) is 25.1 Å². The minimum atomic E-state index is -0.172. The summed E-state index contributed by atoms with van der Waals surface area (Å²) in [5.74, 6) is 0.867. The Labute approximate surface area is 129 Å². The molecule has 2 rings (SSSR count). The van der Waals surface area contributed by atoms with Gasteiger partial charge in [-0.25, -0.2) is 9.78 Å². The molecular formula is C15H20N4OS. The van der Waals surface area contributed by atoms with Gasteiger partial charge in [0.25, 0.3) is 0 Å². The molecule has 0 spiro atoms. The predicted molar refractivity (Wildman–Crippen MR) is 86.7 cm³/mol. The van der Waals surface area contributed by atoms with Crippen molar-refractivity contribution in [3.05, 3.63) is 45.8 Å². The number of rotatable bonds is 5. The van der Waals surface area contributed by atoms with E-state index in [9.17, 15) is 4.79 Å². The molecule has 2 aromatic rings. The smallest absolute Gasteiger partial charge is 0.315 e. The molecule has 0 fully saturated rings. The third kappa shape index (κ3) is 4.46. The van der Waals surface area contributed by atoms with Gasteiger partial charge in [0.05, 0.1) is 6.54 Å². The predicted octanol–water partition coefficient (Wildman–Crippen LogP) is 2.52. The van der Waals surface area contributed by atoms with Crippen molar-refractivity contribution in [3.63, 3.8) is 0 Å². The van der Waals surface area contributed by atoms with Crippen LogP contribution in [0.5, 0.6) is 0 Å². The van der Waals surface area contributed by atoms with Gasteiger partial charge in [0.1, 0.15) is 5.82 Å². The fourth-order valence-corrected chi connectivity index (χ4v) is 2.79. The summed E-state index contributed by atoms with van der Waals surface area (Å²) in [6.07, 6.45) is 1.75. The molecule has 0 aromatic carbocycles. The molecule has 0 aliphatic rings. The summed E-state index contributed by atoms with van der Waals surface area (Å²) < 4.78 is 0. The van der Waals surface area contributed by atoms with Crippen LogP contribution < -0.4 is 15.5 Å². The first-order valence-corrected chi connectivity index (χ1v) is 7.56. The lowest BCUT2D eigenvalue weighted by Crippen LogP contribution is -2.34. The van der Waals surface area contributed by atoms with E-state index in [1.54, 1.807) is 17.5 Å². The number of aryl methyl sites for hydroxylation is 1. The Hall–Kier alpha value is -2.08. The van der Waals surface area contributed by atoms with Crippen molar-refractivity contribution in [3.8, 4) is 0 Å². The maximum absolute atomic E-state index is 11.8. The topological polar surface area (TPSA) is 57.3 Å². The van der Waals surface area contributed by atoms with Gasteiger partial charge < -0.3 is 15.5 Å². The Morgan fingerprint density at radius 2 is 2.00 bits per heavy atom. The normalized spacial score (nSPS) is 10.2. The monoisotopic (exact) mass is 304 g/mol. The van der Waals surface area contributed by atoms with Crippen LogP contribution in [0.3, 0.4) is 0 Å². The van der Waals surface area contributed by atoms with E-state index in [1.165, 1.54) is 4.88 Å². The highest BCUT2D eigenvalue weighted by Gasteiger charge is 2.07. The maximum atomic E-state index is 11.8. The fourth-order valence-electron chi connectivity index (χ4n) is 1.96. The Bertz CT molecular complexity index is 609. The highest BCUT2D eigenvalue weighted by Crippen LogP contribution is 2.15. The maximum Gasteiger partial charge on any atom is 0.315 e. The largest absolute Gasteiger partial charge is 0.362 e. The Morgan fingerprint density at radius 3 is 2.67 bits per heavy atom. The van der Waals surface area contributed by atoms with Crippen molar-refractivity contribution < 1.29 is 4.79 Å². The molecule has 6 heteroatoms. The molecule has 2 heterocycles. The van der Waals surface area contributed by atoms with Crippen LogP contribution in [0.4, 0.5) is 10.6 Å². The number of hydrogen-bond donors (Lipinski definition) is 2. The fraction of sp³-hybridized carbons (Fsp3) is 0.333. The van der Waals surface area contributed by atoms with Crippen LogP contribution >= 0.6 is 11.3 Å². The Balaban J connectivity index is 1.84. The van der Waals surface area contributed by atoms with Crippen molar-refractivity contribution in [1.82, 2.24) is 15.6 Å². The van der Waals surface area contributed by atoms with Crippen molar-refractivity contribution in [1.29, 1.82) is 0 Å². The van der Waals surface area contributed by atoms with E-state index >= 15 is 0 Å². The van der Waals surface area contributed by atoms with E-state index in [4.69, 9.17) is 0 Å². The van der Waals surface area contributed by atoms with Gasteiger partial charge in [-0.3, -0.25) is 0 Å². The van der Waals surface area contributed by atoms with E-state index in [0.717, 1.165) is 16.3 Å². The summed E-state index contributed by atoms with van der Waals surface area (Å²) in [7, 11) is 3.87. The van der Waals surface area contributed by atoms with Crippen molar-refractivity contribution in [2.45, 2.75) is 20.0 Å². The number of carbonyl (C=O) groups excluding carboxylic acids is 1. The summed E-state index contributed by atoms with van der Waals surface area (Å²) in [6.45, 7) is 3.06. The molecule has 0 saturated carbocycles. The molecule has 0 aliphatic heterocycles. The van der Waals surface area contributed by atoms with E-state index in [1.807, 2.05) is 37.2 Å². The van der Waals surface area contributed by atoms with E-state index in [0.29, 0.717) is 13.1 Å². The van der Waals surface area contributed by atoms with Crippen LogP contribution in [0.15, 0.2) is 30.5 Å². The second-order valence-electron chi connectivity index (χ2n) is 4.93. The summed E-state index contributed by atoms with van der Waals surface area (Å²) in [5.41, 5.74) is 0.990. The number of carbonyl (C=O) groups is 1. The van der Waals surface area contributed by atoms with Crippen LogP contribution in [0.25, 0.3) is 0 Å². The number of thiophene rings is 1. The van der Waals surface area contributed by atoms with Gasteiger partial charge in [0, 0.05) is 42.2 Å². The molecule has 21 heavy (non-hydrogen) atoms. The van der Waals surface area contributed by atoms with Crippen LogP contribution in [-0.2, 0) is 13.1 Å². The van der Waals surface area contributed by atoms with Crippen molar-refractivity contribution in [2.75, 3.05) is 19.0 Å². The number of amides is 2. The lowest BCUT2D eigenvalue weighted by Gasteiger charge is -2.16. The van der Waals surface area contributed by atoms with Crippen molar-refractivity contribution in [2.24, 2.45) is 0 Å². The number of nitrogens with one attached hydrogen (secondary N) is 2. The molecule has 0 atom stereocenters.